The number of pyridine rings is 1. The monoisotopic (exact) mass is 278 g/mol. The van der Waals surface area contributed by atoms with Crippen molar-refractivity contribution in [3.05, 3.63) is 23.5 Å². The molecule has 0 radical (unpaired) electrons. The number of carbonyl (C=O) groups is 2. The van der Waals surface area contributed by atoms with Gasteiger partial charge in [0.2, 0.25) is 11.8 Å². The van der Waals surface area contributed by atoms with E-state index in [2.05, 4.69) is 15.6 Å². The van der Waals surface area contributed by atoms with Gasteiger partial charge >= 0.3 is 0 Å². The van der Waals surface area contributed by atoms with Crippen molar-refractivity contribution in [1.29, 1.82) is 0 Å². The summed E-state index contributed by atoms with van der Waals surface area (Å²) in [6.07, 6.45) is 0. The molecule has 0 bridgehead atoms. The molecule has 0 aromatic carbocycles. The highest BCUT2D eigenvalue weighted by Gasteiger charge is 2.17. The standard InChI is InChI=1S/C14H22N4O2/c1-8(2)13(15)14(20)16-7-12(19)18-11-6-5-9(3)17-10(11)4/h5-6,8,13H,7,15H2,1-4H3,(H,16,20)(H,18,19)/t13-/m0/s1. The molecule has 1 heterocycles. The molecule has 4 N–H and O–H groups in total. The first-order valence-corrected chi connectivity index (χ1v) is 6.58. The molecule has 0 aliphatic carbocycles. The molecule has 6 heteroatoms. The van der Waals surface area contributed by atoms with Gasteiger partial charge in [0.25, 0.3) is 0 Å². The van der Waals surface area contributed by atoms with E-state index in [4.69, 9.17) is 5.73 Å². The minimum atomic E-state index is -0.606. The third-order valence-electron chi connectivity index (χ3n) is 2.94. The van der Waals surface area contributed by atoms with E-state index >= 15 is 0 Å². The molecule has 6 nitrogen and oxygen atoms in total. The van der Waals surface area contributed by atoms with Crippen LogP contribution in [0, 0.1) is 19.8 Å². The number of anilines is 1. The quantitative estimate of drug-likeness (QED) is 0.740. The Morgan fingerprint density at radius 3 is 2.50 bits per heavy atom. The van der Waals surface area contributed by atoms with Crippen molar-refractivity contribution < 1.29 is 9.59 Å². The summed E-state index contributed by atoms with van der Waals surface area (Å²) in [5.41, 5.74) is 7.95. The van der Waals surface area contributed by atoms with Gasteiger partial charge in [-0.2, -0.15) is 0 Å². The predicted molar refractivity (Wildman–Crippen MR) is 78.2 cm³/mol. The summed E-state index contributed by atoms with van der Waals surface area (Å²) in [6, 6.07) is 3.00. The molecule has 0 aliphatic heterocycles. The van der Waals surface area contributed by atoms with E-state index in [1.807, 2.05) is 33.8 Å². The third kappa shape index (κ3) is 4.62. The highest BCUT2D eigenvalue weighted by atomic mass is 16.2. The molecule has 0 spiro atoms. The second kappa shape index (κ2) is 7.00. The molecule has 0 unspecified atom stereocenters. The van der Waals surface area contributed by atoms with Crippen LogP contribution in [-0.2, 0) is 9.59 Å². The van der Waals surface area contributed by atoms with Gasteiger partial charge in [-0.25, -0.2) is 0 Å². The van der Waals surface area contributed by atoms with Crippen LogP contribution in [0.1, 0.15) is 25.2 Å². The lowest BCUT2D eigenvalue weighted by Crippen LogP contribution is -2.46. The number of carbonyl (C=O) groups excluding carboxylic acids is 2. The summed E-state index contributed by atoms with van der Waals surface area (Å²) >= 11 is 0. The maximum Gasteiger partial charge on any atom is 0.243 e. The third-order valence-corrected chi connectivity index (χ3v) is 2.94. The van der Waals surface area contributed by atoms with Gasteiger partial charge in [-0.1, -0.05) is 13.8 Å². The minimum absolute atomic E-state index is 0.0293. The number of rotatable bonds is 5. The molecular weight excluding hydrogens is 256 g/mol. The van der Waals surface area contributed by atoms with Crippen molar-refractivity contribution in [1.82, 2.24) is 10.3 Å². The summed E-state index contributed by atoms with van der Waals surface area (Å²) < 4.78 is 0. The largest absolute Gasteiger partial charge is 0.346 e. The summed E-state index contributed by atoms with van der Waals surface area (Å²) in [7, 11) is 0. The fourth-order valence-corrected chi connectivity index (χ4v) is 1.60. The summed E-state index contributed by atoms with van der Waals surface area (Å²) in [4.78, 5) is 27.6. The molecule has 1 aromatic heterocycles. The first kappa shape index (κ1) is 16.1. The van der Waals surface area contributed by atoms with Crippen LogP contribution in [-0.4, -0.2) is 29.4 Å². The lowest BCUT2D eigenvalue weighted by atomic mass is 10.1. The highest BCUT2D eigenvalue weighted by molar-refractivity contribution is 5.95. The smallest absolute Gasteiger partial charge is 0.243 e. The molecule has 0 fully saturated rings. The molecule has 1 aromatic rings. The van der Waals surface area contributed by atoms with Crippen molar-refractivity contribution in [2.45, 2.75) is 33.7 Å². The number of hydrogen-bond acceptors (Lipinski definition) is 4. The van der Waals surface area contributed by atoms with Crippen molar-refractivity contribution in [2.75, 3.05) is 11.9 Å². The second-order valence-electron chi connectivity index (χ2n) is 5.12. The average molecular weight is 278 g/mol. The van der Waals surface area contributed by atoms with E-state index in [9.17, 15) is 9.59 Å². The lowest BCUT2D eigenvalue weighted by molar-refractivity contribution is -0.125. The Morgan fingerprint density at radius 1 is 1.30 bits per heavy atom. The Labute approximate surface area is 119 Å². The van der Waals surface area contributed by atoms with Crippen molar-refractivity contribution in [3.8, 4) is 0 Å². The SMILES string of the molecule is Cc1ccc(NC(=O)CNC(=O)[C@@H](N)C(C)C)c(C)n1. The normalized spacial score (nSPS) is 12.1. The van der Waals surface area contributed by atoms with Gasteiger partial charge in [0.05, 0.1) is 24.0 Å². The number of nitrogens with one attached hydrogen (secondary N) is 2. The van der Waals surface area contributed by atoms with Gasteiger partial charge in [-0.3, -0.25) is 14.6 Å². The number of aromatic nitrogens is 1. The van der Waals surface area contributed by atoms with E-state index in [1.54, 1.807) is 6.07 Å². The van der Waals surface area contributed by atoms with Crippen LogP contribution in [0.3, 0.4) is 0 Å². The highest BCUT2D eigenvalue weighted by Crippen LogP contribution is 2.12. The average Bonchev–Trinajstić information content (AvgIpc) is 2.38. The molecule has 2 amide bonds. The van der Waals surface area contributed by atoms with E-state index in [0.717, 1.165) is 11.4 Å². The van der Waals surface area contributed by atoms with Crippen molar-refractivity contribution in [2.24, 2.45) is 11.7 Å². The van der Waals surface area contributed by atoms with Gasteiger partial charge < -0.3 is 16.4 Å². The van der Waals surface area contributed by atoms with Crippen LogP contribution in [0.2, 0.25) is 0 Å². The molecule has 1 atom stereocenters. The maximum absolute atomic E-state index is 11.8. The molecule has 20 heavy (non-hydrogen) atoms. The Bertz CT molecular complexity index is 500. The zero-order chi connectivity index (χ0) is 15.3. The van der Waals surface area contributed by atoms with Gasteiger partial charge in [0, 0.05) is 5.69 Å². The van der Waals surface area contributed by atoms with E-state index < -0.39 is 6.04 Å². The van der Waals surface area contributed by atoms with E-state index in [0.29, 0.717) is 5.69 Å². The number of amides is 2. The maximum atomic E-state index is 11.8. The zero-order valence-electron chi connectivity index (χ0n) is 12.4. The summed E-state index contributed by atoms with van der Waals surface area (Å²) in [5.74, 6) is -0.599. The fraction of sp³-hybridized carbons (Fsp3) is 0.500. The fourth-order valence-electron chi connectivity index (χ4n) is 1.60. The van der Waals surface area contributed by atoms with Crippen molar-refractivity contribution >= 4 is 17.5 Å². The minimum Gasteiger partial charge on any atom is -0.346 e. The van der Waals surface area contributed by atoms with E-state index in [-0.39, 0.29) is 24.3 Å². The topological polar surface area (TPSA) is 97.1 Å². The number of nitrogens with zero attached hydrogens (tertiary/aromatic N) is 1. The first-order chi connectivity index (χ1) is 9.31. The molecule has 110 valence electrons. The molecule has 1 rings (SSSR count). The number of nitrogens with two attached hydrogens (primary N) is 1. The van der Waals surface area contributed by atoms with Gasteiger partial charge in [-0.15, -0.1) is 0 Å². The Hall–Kier alpha value is -1.95. The Kier molecular flexibility index (Phi) is 5.64. The lowest BCUT2D eigenvalue weighted by Gasteiger charge is -2.15. The van der Waals surface area contributed by atoms with Crippen LogP contribution in [0.4, 0.5) is 5.69 Å². The molecule has 0 saturated carbocycles. The van der Waals surface area contributed by atoms with Gasteiger partial charge in [-0.05, 0) is 31.9 Å². The summed E-state index contributed by atoms with van der Waals surface area (Å²) in [5, 5.41) is 5.22. The Morgan fingerprint density at radius 2 is 1.95 bits per heavy atom. The Balaban J connectivity index is 2.50. The summed E-state index contributed by atoms with van der Waals surface area (Å²) in [6.45, 7) is 7.30. The number of hydrogen-bond donors (Lipinski definition) is 3. The van der Waals surface area contributed by atoms with Crippen molar-refractivity contribution in [3.63, 3.8) is 0 Å². The van der Waals surface area contributed by atoms with Crippen LogP contribution >= 0.6 is 0 Å². The van der Waals surface area contributed by atoms with E-state index in [1.165, 1.54) is 0 Å². The van der Waals surface area contributed by atoms with Crippen LogP contribution in [0.5, 0.6) is 0 Å². The molecule has 0 saturated heterocycles. The molecule has 0 aliphatic rings. The second-order valence-corrected chi connectivity index (χ2v) is 5.12. The number of aryl methyl sites for hydroxylation is 2. The van der Waals surface area contributed by atoms with Gasteiger partial charge in [0.15, 0.2) is 0 Å². The van der Waals surface area contributed by atoms with Crippen LogP contribution in [0.25, 0.3) is 0 Å². The first-order valence-electron chi connectivity index (χ1n) is 6.58. The van der Waals surface area contributed by atoms with Gasteiger partial charge in [0.1, 0.15) is 0 Å². The van der Waals surface area contributed by atoms with Crippen LogP contribution < -0.4 is 16.4 Å². The van der Waals surface area contributed by atoms with Crippen LogP contribution in [0.15, 0.2) is 12.1 Å². The molecular formula is C14H22N4O2. The predicted octanol–water partition coefficient (Wildman–Crippen LogP) is 0.736. The zero-order valence-corrected chi connectivity index (χ0v) is 12.4.